The summed E-state index contributed by atoms with van der Waals surface area (Å²) in [6.45, 7) is 24.4. The van der Waals surface area contributed by atoms with Crippen LogP contribution in [0.25, 0.3) is 0 Å². The van der Waals surface area contributed by atoms with E-state index in [1.54, 1.807) is 21.3 Å². The number of thioether (sulfide) groups is 1. The fraction of sp³-hybridized carbons (Fsp3) is 0.467. The standard InChI is InChI=1S/C30H52O5SSi3/c1-10-37(11-2,12-3)34-25-19-16-17-22-30(23-18-20-26-35-38(13-4,14-5)15-6)24-28-36-27-21-29-39(31-7,32-8)33-9/h10-16,18-20,30H,1-6,17,21-29H2,7-9H3. The first-order chi connectivity index (χ1) is 18.8. The second-order valence-corrected chi connectivity index (χ2v) is 19.7. The molecule has 0 heterocycles. The molecule has 0 saturated carbocycles. The Labute approximate surface area is 246 Å². The largest absolute Gasteiger partial charge is 0.500 e. The van der Waals surface area contributed by atoms with E-state index < -0.39 is 25.4 Å². The summed E-state index contributed by atoms with van der Waals surface area (Å²) in [6.07, 6.45) is 14.0. The Morgan fingerprint density at radius 1 is 0.641 bits per heavy atom. The van der Waals surface area contributed by atoms with Crippen molar-refractivity contribution in [1.29, 1.82) is 0 Å². The van der Waals surface area contributed by atoms with Crippen molar-refractivity contribution in [3.05, 3.63) is 98.0 Å². The zero-order valence-electron chi connectivity index (χ0n) is 24.6. The van der Waals surface area contributed by atoms with Crippen LogP contribution in [0.5, 0.6) is 0 Å². The summed E-state index contributed by atoms with van der Waals surface area (Å²) in [5.74, 6) is 2.78. The molecule has 0 aromatic heterocycles. The Hall–Kier alpha value is -1.28. The van der Waals surface area contributed by atoms with Crippen molar-refractivity contribution >= 4 is 37.2 Å². The van der Waals surface area contributed by atoms with E-state index in [-0.39, 0.29) is 0 Å². The van der Waals surface area contributed by atoms with Crippen LogP contribution in [0.3, 0.4) is 0 Å². The maximum absolute atomic E-state index is 6.04. The molecule has 0 bridgehead atoms. The molecule has 0 aliphatic heterocycles. The highest BCUT2D eigenvalue weighted by molar-refractivity contribution is 7.99. The lowest BCUT2D eigenvalue weighted by molar-refractivity contribution is 0.123. The maximum atomic E-state index is 6.04. The topological polar surface area (TPSA) is 46.2 Å². The molecule has 0 aromatic carbocycles. The molecule has 0 fully saturated rings. The molecule has 9 heteroatoms. The molecule has 1 unspecified atom stereocenters. The zero-order valence-corrected chi connectivity index (χ0v) is 28.4. The van der Waals surface area contributed by atoms with Gasteiger partial charge < -0.3 is 22.1 Å². The van der Waals surface area contributed by atoms with Gasteiger partial charge in [-0.15, -0.1) is 39.5 Å². The van der Waals surface area contributed by atoms with Gasteiger partial charge in [-0.3, -0.25) is 0 Å². The Morgan fingerprint density at radius 3 is 1.59 bits per heavy atom. The molecule has 0 aliphatic carbocycles. The number of allylic oxidation sites excluding steroid dienone is 2. The molecular weight excluding hydrogens is 557 g/mol. The van der Waals surface area contributed by atoms with Gasteiger partial charge in [-0.1, -0.05) is 58.5 Å². The van der Waals surface area contributed by atoms with Crippen LogP contribution < -0.4 is 0 Å². The van der Waals surface area contributed by atoms with Gasteiger partial charge in [0.15, 0.2) is 0 Å². The molecule has 0 aliphatic rings. The lowest BCUT2D eigenvalue weighted by atomic mass is 9.96. The summed E-state index contributed by atoms with van der Waals surface area (Å²) in [4.78, 5) is 0. The van der Waals surface area contributed by atoms with Crippen molar-refractivity contribution < 1.29 is 22.1 Å². The summed E-state index contributed by atoms with van der Waals surface area (Å²) in [5, 5.41) is 0. The Kier molecular flexibility index (Phi) is 21.7. The molecule has 0 radical (unpaired) electrons. The normalized spacial score (nSPS) is 13.4. The number of hydrogen-bond donors (Lipinski definition) is 0. The molecule has 0 amide bonds. The highest BCUT2D eigenvalue weighted by Gasteiger charge is 2.36. The molecule has 0 rings (SSSR count). The molecule has 5 nitrogen and oxygen atoms in total. The average Bonchev–Trinajstić information content (AvgIpc) is 2.99. The maximum Gasteiger partial charge on any atom is 0.500 e. The molecule has 39 heavy (non-hydrogen) atoms. The second-order valence-electron chi connectivity index (χ2n) is 8.98. The van der Waals surface area contributed by atoms with Crippen LogP contribution in [-0.2, 0) is 22.1 Å². The van der Waals surface area contributed by atoms with Crippen LogP contribution in [0.4, 0.5) is 0 Å². The highest BCUT2D eigenvalue weighted by Crippen LogP contribution is 2.22. The van der Waals surface area contributed by atoms with E-state index in [1.165, 1.54) is 0 Å². The van der Waals surface area contributed by atoms with Crippen LogP contribution in [0, 0.1) is 5.92 Å². The Bertz CT molecular complexity index is 744. The van der Waals surface area contributed by atoms with E-state index in [1.807, 2.05) is 46.0 Å². The van der Waals surface area contributed by atoms with Crippen molar-refractivity contribution in [2.45, 2.75) is 38.1 Å². The molecule has 0 spiro atoms. The van der Waals surface area contributed by atoms with Gasteiger partial charge in [-0.05, 0) is 49.5 Å². The van der Waals surface area contributed by atoms with E-state index in [9.17, 15) is 0 Å². The molecule has 0 saturated heterocycles. The van der Waals surface area contributed by atoms with Crippen molar-refractivity contribution in [3.8, 4) is 0 Å². The van der Waals surface area contributed by atoms with Gasteiger partial charge in [-0.2, -0.15) is 11.8 Å². The van der Waals surface area contributed by atoms with E-state index in [0.717, 1.165) is 49.7 Å². The first kappa shape index (κ1) is 37.7. The third kappa shape index (κ3) is 14.8. The van der Waals surface area contributed by atoms with Crippen LogP contribution in [0.2, 0.25) is 6.04 Å². The van der Waals surface area contributed by atoms with Crippen LogP contribution >= 0.6 is 11.8 Å². The van der Waals surface area contributed by atoms with Crippen LogP contribution in [0.15, 0.2) is 98.0 Å². The van der Waals surface area contributed by atoms with Gasteiger partial charge in [0.05, 0.1) is 13.2 Å². The van der Waals surface area contributed by atoms with Crippen LogP contribution in [-0.4, -0.2) is 71.5 Å². The smallest absolute Gasteiger partial charge is 0.402 e. The second kappa shape index (κ2) is 22.4. The van der Waals surface area contributed by atoms with Gasteiger partial charge in [0.1, 0.15) is 0 Å². The predicted molar refractivity (Wildman–Crippen MR) is 178 cm³/mol. The predicted octanol–water partition coefficient (Wildman–Crippen LogP) is 7.55. The quantitative estimate of drug-likeness (QED) is 0.0545. The van der Waals surface area contributed by atoms with Crippen LogP contribution in [0.1, 0.15) is 32.1 Å². The van der Waals surface area contributed by atoms with E-state index in [4.69, 9.17) is 22.1 Å². The lowest BCUT2D eigenvalue weighted by Gasteiger charge is -2.24. The summed E-state index contributed by atoms with van der Waals surface area (Å²) in [7, 11) is -1.92. The summed E-state index contributed by atoms with van der Waals surface area (Å²) in [5.41, 5.74) is 11.1. The van der Waals surface area contributed by atoms with E-state index in [2.05, 4.69) is 63.8 Å². The Balaban J connectivity index is 4.80. The van der Waals surface area contributed by atoms with Gasteiger partial charge in [0, 0.05) is 27.4 Å². The molecule has 1 atom stereocenters. The minimum absolute atomic E-state index is 0.542. The van der Waals surface area contributed by atoms with Gasteiger partial charge in [0.2, 0.25) is 0 Å². The first-order valence-electron chi connectivity index (χ1n) is 13.5. The lowest BCUT2D eigenvalue weighted by Crippen LogP contribution is -2.42. The SMILES string of the molecule is C=C[Si](C=C)(C=C)OCC=CCCC(CC=CCO[Si](C=C)(C=C)C=C)CCSCCC[Si](OC)(OC)OC. The fourth-order valence-electron chi connectivity index (χ4n) is 3.79. The van der Waals surface area contributed by atoms with Crippen molar-refractivity contribution in [3.63, 3.8) is 0 Å². The number of rotatable bonds is 27. The summed E-state index contributed by atoms with van der Waals surface area (Å²) >= 11 is 1.98. The Morgan fingerprint density at radius 2 is 1.13 bits per heavy atom. The van der Waals surface area contributed by atoms with Gasteiger partial charge in [0.25, 0.3) is 16.6 Å². The monoisotopic (exact) mass is 608 g/mol. The zero-order chi connectivity index (χ0) is 29.5. The van der Waals surface area contributed by atoms with E-state index >= 15 is 0 Å². The molecule has 0 N–H and O–H groups in total. The van der Waals surface area contributed by atoms with Gasteiger partial charge >= 0.3 is 8.80 Å². The minimum Gasteiger partial charge on any atom is -0.402 e. The molecule has 220 valence electrons. The first-order valence-corrected chi connectivity index (χ1v) is 20.8. The minimum atomic E-state index is -2.48. The fourth-order valence-corrected chi connectivity index (χ4v) is 9.30. The molecule has 0 aromatic rings. The highest BCUT2D eigenvalue weighted by atomic mass is 32.2. The third-order valence-electron chi connectivity index (χ3n) is 6.69. The molecular formula is C30H52O5SSi3. The summed E-state index contributed by atoms with van der Waals surface area (Å²) < 4.78 is 28.6. The average molecular weight is 609 g/mol. The van der Waals surface area contributed by atoms with E-state index in [0.29, 0.717) is 19.1 Å². The van der Waals surface area contributed by atoms with Crippen molar-refractivity contribution in [2.75, 3.05) is 46.0 Å². The third-order valence-corrected chi connectivity index (χ3v) is 15.8. The van der Waals surface area contributed by atoms with Gasteiger partial charge in [-0.25, -0.2) is 0 Å². The summed E-state index contributed by atoms with van der Waals surface area (Å²) in [6, 6.07) is 0.834. The number of hydrogen-bond acceptors (Lipinski definition) is 6. The van der Waals surface area contributed by atoms with Crippen molar-refractivity contribution in [2.24, 2.45) is 5.92 Å². The van der Waals surface area contributed by atoms with Crippen molar-refractivity contribution in [1.82, 2.24) is 0 Å².